The van der Waals surface area contributed by atoms with Gasteiger partial charge in [0.25, 0.3) is 5.91 Å². The molecule has 2 rings (SSSR count). The molecule has 0 unspecified atom stereocenters. The second-order valence-electron chi connectivity index (χ2n) is 6.86. The van der Waals surface area contributed by atoms with Gasteiger partial charge in [0.1, 0.15) is 0 Å². The minimum Gasteiger partial charge on any atom is -0.355 e. The van der Waals surface area contributed by atoms with Crippen molar-refractivity contribution in [3.05, 3.63) is 42.1 Å². The van der Waals surface area contributed by atoms with E-state index < -0.39 is 0 Å². The van der Waals surface area contributed by atoms with Gasteiger partial charge in [-0.3, -0.25) is 4.79 Å². The van der Waals surface area contributed by atoms with Crippen molar-refractivity contribution in [1.82, 2.24) is 10.1 Å². The molecule has 1 aromatic carbocycles. The van der Waals surface area contributed by atoms with Gasteiger partial charge >= 0.3 is 0 Å². The molecular formula is C22H32N2O2. The number of hydrogen-bond acceptors (Lipinski definition) is 3. The normalized spacial score (nSPS) is 10.8. The number of benzene rings is 1. The topological polar surface area (TPSA) is 46.3 Å². The van der Waals surface area contributed by atoms with Crippen LogP contribution < -0.4 is 0 Å². The largest absolute Gasteiger partial charge is 0.355 e. The number of unbranched alkanes of at least 4 members (excludes halogenated alkanes) is 6. The van der Waals surface area contributed by atoms with Crippen LogP contribution in [0.4, 0.5) is 0 Å². The molecule has 0 saturated heterocycles. The smallest absolute Gasteiger partial charge is 0.276 e. The molecule has 0 fully saturated rings. The van der Waals surface area contributed by atoms with Crippen molar-refractivity contribution < 1.29 is 9.32 Å². The fraction of sp³-hybridized carbons (Fsp3) is 0.545. The summed E-state index contributed by atoms with van der Waals surface area (Å²) in [5.74, 6) is 0.634. The Morgan fingerprint density at radius 3 is 2.12 bits per heavy atom. The van der Waals surface area contributed by atoms with E-state index in [-0.39, 0.29) is 5.91 Å². The van der Waals surface area contributed by atoms with Gasteiger partial charge in [0.15, 0.2) is 11.5 Å². The highest BCUT2D eigenvalue weighted by Crippen LogP contribution is 2.21. The average molecular weight is 357 g/mol. The van der Waals surface area contributed by atoms with Gasteiger partial charge in [-0.25, -0.2) is 0 Å². The van der Waals surface area contributed by atoms with Gasteiger partial charge in [-0.1, -0.05) is 87.9 Å². The van der Waals surface area contributed by atoms with E-state index in [0.29, 0.717) is 11.5 Å². The van der Waals surface area contributed by atoms with Crippen molar-refractivity contribution in [2.24, 2.45) is 0 Å². The van der Waals surface area contributed by atoms with Gasteiger partial charge in [0.2, 0.25) is 0 Å². The van der Waals surface area contributed by atoms with Crippen molar-refractivity contribution in [2.75, 3.05) is 13.1 Å². The molecule has 0 N–H and O–H groups in total. The molecule has 4 nitrogen and oxygen atoms in total. The minimum atomic E-state index is -0.0103. The molecule has 4 heteroatoms. The van der Waals surface area contributed by atoms with Crippen molar-refractivity contribution in [1.29, 1.82) is 0 Å². The average Bonchev–Trinajstić information content (AvgIpc) is 3.17. The Labute approximate surface area is 157 Å². The minimum absolute atomic E-state index is 0.0103. The lowest BCUT2D eigenvalue weighted by Gasteiger charge is -2.21. The summed E-state index contributed by atoms with van der Waals surface area (Å²) in [5, 5.41) is 4.04. The molecule has 0 saturated carbocycles. The lowest BCUT2D eigenvalue weighted by atomic mass is 10.1. The maximum absolute atomic E-state index is 12.9. The number of nitrogens with zero attached hydrogens (tertiary/aromatic N) is 2. The standard InChI is InChI=1S/C22H32N2O2/c1-3-5-7-12-16-24(17-13-8-6-4-2)22(25)20-18-21(26-23-20)19-14-10-9-11-15-19/h9-11,14-15,18H,3-8,12-13,16-17H2,1-2H3. The first-order valence-electron chi connectivity index (χ1n) is 10.1. The molecule has 0 bridgehead atoms. The van der Waals surface area contributed by atoms with E-state index in [4.69, 9.17) is 4.52 Å². The second kappa shape index (κ2) is 11.5. The highest BCUT2D eigenvalue weighted by molar-refractivity contribution is 5.93. The predicted octanol–water partition coefficient (Wildman–Crippen LogP) is 5.94. The summed E-state index contributed by atoms with van der Waals surface area (Å²) in [4.78, 5) is 14.9. The highest BCUT2D eigenvalue weighted by atomic mass is 16.5. The van der Waals surface area contributed by atoms with E-state index in [1.54, 1.807) is 6.07 Å². The van der Waals surface area contributed by atoms with Crippen LogP contribution in [0.1, 0.15) is 75.7 Å². The van der Waals surface area contributed by atoms with Crippen LogP contribution in [-0.2, 0) is 0 Å². The zero-order valence-electron chi connectivity index (χ0n) is 16.2. The number of hydrogen-bond donors (Lipinski definition) is 0. The van der Waals surface area contributed by atoms with Crippen LogP contribution in [0.3, 0.4) is 0 Å². The fourth-order valence-corrected chi connectivity index (χ4v) is 3.05. The summed E-state index contributed by atoms with van der Waals surface area (Å²) in [6.07, 6.45) is 9.29. The third-order valence-electron chi connectivity index (χ3n) is 4.64. The Kier molecular flexibility index (Phi) is 8.94. The number of rotatable bonds is 12. The van der Waals surface area contributed by atoms with E-state index in [9.17, 15) is 4.79 Å². The van der Waals surface area contributed by atoms with Crippen LogP contribution in [0.25, 0.3) is 11.3 Å². The summed E-state index contributed by atoms with van der Waals surface area (Å²) in [7, 11) is 0. The molecule has 2 aromatic rings. The van der Waals surface area contributed by atoms with Crippen LogP contribution in [0.15, 0.2) is 40.9 Å². The maximum atomic E-state index is 12.9. The molecule has 0 aliphatic carbocycles. The van der Waals surface area contributed by atoms with Gasteiger partial charge in [-0.15, -0.1) is 0 Å². The second-order valence-corrected chi connectivity index (χ2v) is 6.86. The molecule has 0 atom stereocenters. The Morgan fingerprint density at radius 2 is 1.54 bits per heavy atom. The number of carbonyl (C=O) groups excluding carboxylic acids is 1. The summed E-state index contributed by atoms with van der Waals surface area (Å²) in [5.41, 5.74) is 1.35. The zero-order chi connectivity index (χ0) is 18.6. The lowest BCUT2D eigenvalue weighted by Crippen LogP contribution is -2.33. The van der Waals surface area contributed by atoms with Crippen LogP contribution in [0, 0.1) is 0 Å². The van der Waals surface area contributed by atoms with E-state index >= 15 is 0 Å². The molecule has 0 aliphatic rings. The molecule has 1 heterocycles. The summed E-state index contributed by atoms with van der Waals surface area (Å²) < 4.78 is 5.41. The van der Waals surface area contributed by atoms with Gasteiger partial charge in [-0.2, -0.15) is 0 Å². The Bertz CT molecular complexity index is 625. The monoisotopic (exact) mass is 356 g/mol. The van der Waals surface area contributed by atoms with Crippen molar-refractivity contribution in [2.45, 2.75) is 65.2 Å². The first-order chi connectivity index (χ1) is 12.8. The third-order valence-corrected chi connectivity index (χ3v) is 4.64. The Morgan fingerprint density at radius 1 is 0.923 bits per heavy atom. The van der Waals surface area contributed by atoms with Crippen molar-refractivity contribution >= 4 is 5.91 Å². The molecular weight excluding hydrogens is 324 g/mol. The van der Waals surface area contributed by atoms with Crippen molar-refractivity contribution in [3.8, 4) is 11.3 Å². The molecule has 1 amide bonds. The first-order valence-corrected chi connectivity index (χ1v) is 10.1. The van der Waals surface area contributed by atoms with Crippen LogP contribution >= 0.6 is 0 Å². The number of carbonyl (C=O) groups is 1. The van der Waals surface area contributed by atoms with Crippen LogP contribution in [0.2, 0.25) is 0 Å². The predicted molar refractivity (Wildman–Crippen MR) is 106 cm³/mol. The Hall–Kier alpha value is -2.10. The van der Waals surface area contributed by atoms with Gasteiger partial charge in [0.05, 0.1) is 0 Å². The molecule has 0 radical (unpaired) electrons. The molecule has 142 valence electrons. The SMILES string of the molecule is CCCCCCN(CCCCCC)C(=O)c1cc(-c2ccccc2)on1. The zero-order valence-corrected chi connectivity index (χ0v) is 16.2. The third kappa shape index (κ3) is 6.32. The highest BCUT2D eigenvalue weighted by Gasteiger charge is 2.20. The van der Waals surface area contributed by atoms with E-state index in [1.807, 2.05) is 35.2 Å². The maximum Gasteiger partial charge on any atom is 0.276 e. The van der Waals surface area contributed by atoms with E-state index in [2.05, 4.69) is 19.0 Å². The molecule has 0 spiro atoms. The first kappa shape index (κ1) is 20.2. The van der Waals surface area contributed by atoms with E-state index in [0.717, 1.165) is 31.5 Å². The van der Waals surface area contributed by atoms with Crippen LogP contribution in [-0.4, -0.2) is 29.1 Å². The van der Waals surface area contributed by atoms with Crippen molar-refractivity contribution in [3.63, 3.8) is 0 Å². The molecule has 1 aromatic heterocycles. The fourth-order valence-electron chi connectivity index (χ4n) is 3.05. The molecule has 26 heavy (non-hydrogen) atoms. The van der Waals surface area contributed by atoms with Gasteiger partial charge in [-0.05, 0) is 12.8 Å². The summed E-state index contributed by atoms with van der Waals surface area (Å²) in [6.45, 7) is 6.01. The van der Waals surface area contributed by atoms with Gasteiger partial charge < -0.3 is 9.42 Å². The summed E-state index contributed by atoms with van der Waals surface area (Å²) in [6, 6.07) is 11.5. The van der Waals surface area contributed by atoms with Crippen LogP contribution in [0.5, 0.6) is 0 Å². The lowest BCUT2D eigenvalue weighted by molar-refractivity contribution is 0.0739. The quantitative estimate of drug-likeness (QED) is 0.442. The Balaban J connectivity index is 2.00. The van der Waals surface area contributed by atoms with Gasteiger partial charge in [0, 0.05) is 24.7 Å². The number of amides is 1. The van der Waals surface area contributed by atoms with E-state index in [1.165, 1.54) is 38.5 Å². The number of aromatic nitrogens is 1. The summed E-state index contributed by atoms with van der Waals surface area (Å²) >= 11 is 0. The molecule has 0 aliphatic heterocycles.